The molecule has 1 fully saturated rings. The molecule has 0 spiro atoms. The molecule has 0 bridgehead atoms. The maximum Gasteiger partial charge on any atom is 0.236 e. The second kappa shape index (κ2) is 5.74. The molecule has 1 saturated heterocycles. The third-order valence-electron chi connectivity index (χ3n) is 2.76. The highest BCUT2D eigenvalue weighted by Gasteiger charge is 2.18. The molecule has 0 aromatic heterocycles. The molecule has 0 radical (unpaired) electrons. The highest BCUT2D eigenvalue weighted by molar-refractivity contribution is 5.78. The Kier molecular flexibility index (Phi) is 4.60. The summed E-state index contributed by atoms with van der Waals surface area (Å²) in [6, 6.07) is 0.0110. The minimum atomic E-state index is 0.0110. The predicted octanol–water partition coefficient (Wildman–Crippen LogP) is -0.628. The molecule has 0 saturated carbocycles. The molecule has 0 aromatic carbocycles. The first kappa shape index (κ1) is 12.0. The number of likely N-dealkylation sites (N-methyl/N-ethyl adjacent to an activating group) is 1. The van der Waals surface area contributed by atoms with Crippen molar-refractivity contribution in [1.29, 1.82) is 0 Å². The quantitative estimate of drug-likeness (QED) is 0.629. The Bertz CT molecular complexity index is 253. The number of nitrogens with zero attached hydrogens (tertiary/aromatic N) is 2. The molecule has 4 heteroatoms. The minimum absolute atomic E-state index is 0.0110. The van der Waals surface area contributed by atoms with Crippen molar-refractivity contribution < 1.29 is 4.79 Å². The summed E-state index contributed by atoms with van der Waals surface area (Å²) in [7, 11) is 1.88. The number of carbonyl (C=O) groups excluding carboxylic acids is 1. The first-order valence-electron chi connectivity index (χ1n) is 5.30. The van der Waals surface area contributed by atoms with Gasteiger partial charge in [-0.3, -0.25) is 9.69 Å². The van der Waals surface area contributed by atoms with Crippen LogP contribution in [0.25, 0.3) is 0 Å². The average Bonchev–Trinajstić information content (AvgIpc) is 2.29. The first-order chi connectivity index (χ1) is 7.15. The van der Waals surface area contributed by atoms with Gasteiger partial charge in [0, 0.05) is 26.2 Å². The zero-order chi connectivity index (χ0) is 11.3. The fourth-order valence-corrected chi connectivity index (χ4v) is 1.49. The average molecular weight is 209 g/mol. The molecule has 15 heavy (non-hydrogen) atoms. The van der Waals surface area contributed by atoms with Crippen molar-refractivity contribution in [3.05, 3.63) is 0 Å². The monoisotopic (exact) mass is 209 g/mol. The summed E-state index contributed by atoms with van der Waals surface area (Å²) in [6.07, 6.45) is 5.30. The fraction of sp³-hybridized carbons (Fsp3) is 0.727. The largest absolute Gasteiger partial charge is 0.339 e. The number of nitrogens with one attached hydrogen (secondary N) is 1. The van der Waals surface area contributed by atoms with Gasteiger partial charge in [0.25, 0.3) is 0 Å². The second-order valence-corrected chi connectivity index (χ2v) is 3.89. The molecule has 1 aliphatic heterocycles. The van der Waals surface area contributed by atoms with Gasteiger partial charge in [-0.25, -0.2) is 0 Å². The highest BCUT2D eigenvalue weighted by Crippen LogP contribution is 1.98. The van der Waals surface area contributed by atoms with E-state index in [1.807, 2.05) is 23.8 Å². The number of carbonyl (C=O) groups is 1. The summed E-state index contributed by atoms with van der Waals surface area (Å²) < 4.78 is 0. The molecule has 1 rings (SSSR count). The van der Waals surface area contributed by atoms with Crippen LogP contribution in [-0.2, 0) is 4.79 Å². The number of piperazine rings is 1. The summed E-state index contributed by atoms with van der Waals surface area (Å²) in [4.78, 5) is 15.6. The SMILES string of the molecule is C#CC(C)N(C)CC(=O)N1CCNCC1. The van der Waals surface area contributed by atoms with Gasteiger partial charge in [0.1, 0.15) is 0 Å². The van der Waals surface area contributed by atoms with Gasteiger partial charge in [-0.1, -0.05) is 5.92 Å². The van der Waals surface area contributed by atoms with E-state index in [9.17, 15) is 4.79 Å². The van der Waals surface area contributed by atoms with Crippen molar-refractivity contribution in [2.45, 2.75) is 13.0 Å². The van der Waals surface area contributed by atoms with E-state index in [1.54, 1.807) is 0 Å². The van der Waals surface area contributed by atoms with E-state index in [1.165, 1.54) is 0 Å². The van der Waals surface area contributed by atoms with E-state index in [-0.39, 0.29) is 11.9 Å². The van der Waals surface area contributed by atoms with E-state index < -0.39 is 0 Å². The van der Waals surface area contributed by atoms with Gasteiger partial charge in [-0.2, -0.15) is 0 Å². The third-order valence-corrected chi connectivity index (χ3v) is 2.76. The molecule has 1 aliphatic rings. The zero-order valence-electron chi connectivity index (χ0n) is 9.49. The lowest BCUT2D eigenvalue weighted by Crippen LogP contribution is -2.49. The normalized spacial score (nSPS) is 18.7. The Morgan fingerprint density at radius 1 is 1.60 bits per heavy atom. The number of hydrogen-bond donors (Lipinski definition) is 1. The molecule has 1 N–H and O–H groups in total. The number of rotatable bonds is 3. The topological polar surface area (TPSA) is 35.6 Å². The molecule has 4 nitrogen and oxygen atoms in total. The Morgan fingerprint density at radius 3 is 2.73 bits per heavy atom. The van der Waals surface area contributed by atoms with Gasteiger partial charge in [0.05, 0.1) is 12.6 Å². The number of amides is 1. The lowest BCUT2D eigenvalue weighted by molar-refractivity contribution is -0.132. The van der Waals surface area contributed by atoms with Crippen molar-refractivity contribution in [3.8, 4) is 12.3 Å². The van der Waals surface area contributed by atoms with Crippen LogP contribution in [0.4, 0.5) is 0 Å². The Hall–Kier alpha value is -1.05. The van der Waals surface area contributed by atoms with Crippen LogP contribution in [0.1, 0.15) is 6.92 Å². The highest BCUT2D eigenvalue weighted by atomic mass is 16.2. The summed E-state index contributed by atoms with van der Waals surface area (Å²) in [5, 5.41) is 3.22. The van der Waals surface area contributed by atoms with Crippen LogP contribution in [0.3, 0.4) is 0 Å². The number of hydrogen-bond acceptors (Lipinski definition) is 3. The predicted molar refractivity (Wildman–Crippen MR) is 60.4 cm³/mol. The maximum absolute atomic E-state index is 11.8. The first-order valence-corrected chi connectivity index (χ1v) is 5.30. The lowest BCUT2D eigenvalue weighted by atomic mass is 10.3. The van der Waals surface area contributed by atoms with E-state index in [0.717, 1.165) is 26.2 Å². The van der Waals surface area contributed by atoms with Gasteiger partial charge >= 0.3 is 0 Å². The summed E-state index contributed by atoms with van der Waals surface area (Å²) >= 11 is 0. The standard InChI is InChI=1S/C11H19N3O/c1-4-10(2)13(3)9-11(15)14-7-5-12-6-8-14/h1,10,12H,5-9H2,2-3H3. The van der Waals surface area contributed by atoms with E-state index in [2.05, 4.69) is 11.2 Å². The van der Waals surface area contributed by atoms with Crippen molar-refractivity contribution in [2.24, 2.45) is 0 Å². The number of terminal acetylenes is 1. The Labute approximate surface area is 91.6 Å². The Morgan fingerprint density at radius 2 is 2.20 bits per heavy atom. The molecule has 1 heterocycles. The fourth-order valence-electron chi connectivity index (χ4n) is 1.49. The van der Waals surface area contributed by atoms with Crippen molar-refractivity contribution in [1.82, 2.24) is 15.1 Å². The lowest BCUT2D eigenvalue weighted by Gasteiger charge is -2.30. The van der Waals surface area contributed by atoms with Crippen molar-refractivity contribution in [3.63, 3.8) is 0 Å². The Balaban J connectivity index is 2.37. The maximum atomic E-state index is 11.8. The molecule has 0 aliphatic carbocycles. The van der Waals surface area contributed by atoms with Crippen LogP contribution in [-0.4, -0.2) is 61.5 Å². The van der Waals surface area contributed by atoms with Crippen molar-refractivity contribution >= 4 is 5.91 Å². The van der Waals surface area contributed by atoms with Gasteiger partial charge in [-0.15, -0.1) is 6.42 Å². The summed E-state index contributed by atoms with van der Waals surface area (Å²) in [6.45, 7) is 5.71. The van der Waals surface area contributed by atoms with Crippen LogP contribution in [0.15, 0.2) is 0 Å². The summed E-state index contributed by atoms with van der Waals surface area (Å²) in [5.74, 6) is 2.78. The van der Waals surface area contributed by atoms with Crippen LogP contribution in [0.2, 0.25) is 0 Å². The van der Waals surface area contributed by atoms with Crippen LogP contribution >= 0.6 is 0 Å². The van der Waals surface area contributed by atoms with Crippen molar-refractivity contribution in [2.75, 3.05) is 39.8 Å². The van der Waals surface area contributed by atoms with E-state index >= 15 is 0 Å². The molecule has 1 unspecified atom stereocenters. The van der Waals surface area contributed by atoms with E-state index in [4.69, 9.17) is 6.42 Å². The molecular weight excluding hydrogens is 190 g/mol. The zero-order valence-corrected chi connectivity index (χ0v) is 9.49. The molecule has 0 aromatic rings. The van der Waals surface area contributed by atoms with Crippen LogP contribution in [0, 0.1) is 12.3 Å². The van der Waals surface area contributed by atoms with Gasteiger partial charge in [0.2, 0.25) is 5.91 Å². The molecule has 1 atom stereocenters. The third kappa shape index (κ3) is 3.54. The molecule has 1 amide bonds. The minimum Gasteiger partial charge on any atom is -0.339 e. The molecule has 84 valence electrons. The van der Waals surface area contributed by atoms with Gasteiger partial charge < -0.3 is 10.2 Å². The van der Waals surface area contributed by atoms with Gasteiger partial charge in [-0.05, 0) is 14.0 Å². The second-order valence-electron chi connectivity index (χ2n) is 3.89. The van der Waals surface area contributed by atoms with E-state index in [0.29, 0.717) is 6.54 Å². The van der Waals surface area contributed by atoms with Crippen LogP contribution in [0.5, 0.6) is 0 Å². The smallest absolute Gasteiger partial charge is 0.236 e. The summed E-state index contributed by atoms with van der Waals surface area (Å²) in [5.41, 5.74) is 0. The van der Waals surface area contributed by atoms with Gasteiger partial charge in [0.15, 0.2) is 0 Å². The molecular formula is C11H19N3O. The van der Waals surface area contributed by atoms with Crippen LogP contribution < -0.4 is 5.32 Å².